The molecule has 4 saturated carbocycles. The standard InChI is InChI=1S/C12H21N3/c13-12(14)15-6-11-9-2-7-1-8(4-9)5-10(11)3-7/h7-11H,1-6H2,(H4,13,14,15). The number of hydrogen-bond donors (Lipinski definition) is 2. The Hall–Kier alpha value is -0.730. The van der Waals surface area contributed by atoms with Crippen LogP contribution in [-0.2, 0) is 0 Å². The van der Waals surface area contributed by atoms with Gasteiger partial charge in [0, 0.05) is 6.54 Å². The minimum absolute atomic E-state index is 0.267. The molecule has 0 radical (unpaired) electrons. The molecule has 3 heteroatoms. The number of rotatable bonds is 2. The molecule has 0 aromatic heterocycles. The van der Waals surface area contributed by atoms with Crippen LogP contribution in [0.2, 0.25) is 0 Å². The average molecular weight is 207 g/mol. The Bertz CT molecular complexity index is 253. The number of nitrogens with two attached hydrogens (primary N) is 2. The summed E-state index contributed by atoms with van der Waals surface area (Å²) >= 11 is 0. The lowest BCUT2D eigenvalue weighted by molar-refractivity contribution is -0.0320. The first-order valence-corrected chi connectivity index (χ1v) is 6.27. The van der Waals surface area contributed by atoms with Crippen LogP contribution < -0.4 is 11.5 Å². The summed E-state index contributed by atoms with van der Waals surface area (Å²) in [5.74, 6) is 5.02. The zero-order valence-electron chi connectivity index (χ0n) is 9.23. The van der Waals surface area contributed by atoms with Crippen LogP contribution in [0.25, 0.3) is 0 Å². The van der Waals surface area contributed by atoms with Crippen LogP contribution in [0.4, 0.5) is 0 Å². The summed E-state index contributed by atoms with van der Waals surface area (Å²) in [5.41, 5.74) is 10.8. The molecule has 0 aliphatic heterocycles. The summed E-state index contributed by atoms with van der Waals surface area (Å²) in [7, 11) is 0. The van der Waals surface area contributed by atoms with Gasteiger partial charge in [-0.15, -0.1) is 0 Å². The van der Waals surface area contributed by atoms with Gasteiger partial charge in [-0.25, -0.2) is 0 Å². The van der Waals surface area contributed by atoms with Crippen molar-refractivity contribution < 1.29 is 0 Å². The van der Waals surface area contributed by atoms with Gasteiger partial charge in [0.2, 0.25) is 0 Å². The van der Waals surface area contributed by atoms with E-state index < -0.39 is 0 Å². The molecule has 4 bridgehead atoms. The fourth-order valence-electron chi connectivity index (χ4n) is 4.55. The second kappa shape index (κ2) is 3.39. The van der Waals surface area contributed by atoms with E-state index >= 15 is 0 Å². The maximum atomic E-state index is 5.42. The molecule has 0 amide bonds. The maximum Gasteiger partial charge on any atom is 0.185 e. The topological polar surface area (TPSA) is 64.4 Å². The molecule has 0 spiro atoms. The molecule has 3 nitrogen and oxygen atoms in total. The first-order valence-electron chi connectivity index (χ1n) is 6.27. The van der Waals surface area contributed by atoms with Crippen molar-refractivity contribution in [3.8, 4) is 0 Å². The van der Waals surface area contributed by atoms with Gasteiger partial charge in [0.15, 0.2) is 5.96 Å². The van der Waals surface area contributed by atoms with E-state index in [9.17, 15) is 0 Å². The summed E-state index contributed by atoms with van der Waals surface area (Å²) in [5, 5.41) is 0. The second-order valence-electron chi connectivity index (χ2n) is 5.86. The van der Waals surface area contributed by atoms with Crippen molar-refractivity contribution in [1.82, 2.24) is 0 Å². The Labute approximate surface area is 91.3 Å². The number of nitrogens with zero attached hydrogens (tertiary/aromatic N) is 1. The predicted molar refractivity (Wildman–Crippen MR) is 61.2 cm³/mol. The van der Waals surface area contributed by atoms with Crippen LogP contribution in [0.1, 0.15) is 32.1 Å². The third-order valence-corrected chi connectivity index (χ3v) is 4.91. The molecule has 15 heavy (non-hydrogen) atoms. The highest BCUT2D eigenvalue weighted by atomic mass is 15.0. The highest BCUT2D eigenvalue weighted by Crippen LogP contribution is 2.56. The molecule has 4 fully saturated rings. The average Bonchev–Trinajstić information content (AvgIpc) is 2.14. The monoisotopic (exact) mass is 207 g/mol. The van der Waals surface area contributed by atoms with Crippen LogP contribution in [0.5, 0.6) is 0 Å². The Kier molecular flexibility index (Phi) is 2.15. The molecule has 84 valence electrons. The van der Waals surface area contributed by atoms with Crippen LogP contribution in [0, 0.1) is 29.6 Å². The Morgan fingerprint density at radius 3 is 1.93 bits per heavy atom. The van der Waals surface area contributed by atoms with Gasteiger partial charge in [-0.2, -0.15) is 0 Å². The molecule has 0 unspecified atom stereocenters. The Balaban J connectivity index is 1.72. The highest BCUT2D eigenvalue weighted by Gasteiger charge is 2.47. The first kappa shape index (κ1) is 9.49. The van der Waals surface area contributed by atoms with Crippen molar-refractivity contribution in [3.63, 3.8) is 0 Å². The van der Waals surface area contributed by atoms with Gasteiger partial charge in [0.1, 0.15) is 0 Å². The summed E-state index contributed by atoms with van der Waals surface area (Å²) in [6, 6.07) is 0. The van der Waals surface area contributed by atoms with Crippen LogP contribution in [-0.4, -0.2) is 12.5 Å². The van der Waals surface area contributed by atoms with E-state index in [1.54, 1.807) is 0 Å². The van der Waals surface area contributed by atoms with Crippen molar-refractivity contribution >= 4 is 5.96 Å². The van der Waals surface area contributed by atoms with E-state index in [0.717, 1.165) is 36.1 Å². The molecule has 0 atom stereocenters. The predicted octanol–water partition coefficient (Wildman–Crippen LogP) is 1.33. The minimum atomic E-state index is 0.267. The summed E-state index contributed by atoms with van der Waals surface area (Å²) in [6.45, 7) is 0.886. The molecule has 4 aliphatic rings. The van der Waals surface area contributed by atoms with Crippen molar-refractivity contribution in [1.29, 1.82) is 0 Å². The first-order chi connectivity index (χ1) is 7.22. The van der Waals surface area contributed by atoms with E-state index in [1.165, 1.54) is 32.1 Å². The fourth-order valence-corrected chi connectivity index (χ4v) is 4.55. The number of guanidine groups is 1. The molecular weight excluding hydrogens is 186 g/mol. The van der Waals surface area contributed by atoms with E-state index in [2.05, 4.69) is 4.99 Å². The van der Waals surface area contributed by atoms with E-state index in [-0.39, 0.29) is 5.96 Å². The Morgan fingerprint density at radius 1 is 0.933 bits per heavy atom. The van der Waals surface area contributed by atoms with Gasteiger partial charge in [-0.05, 0) is 61.7 Å². The van der Waals surface area contributed by atoms with Crippen LogP contribution in [0.15, 0.2) is 4.99 Å². The zero-order valence-corrected chi connectivity index (χ0v) is 9.23. The number of hydrogen-bond acceptors (Lipinski definition) is 1. The van der Waals surface area contributed by atoms with Crippen LogP contribution >= 0.6 is 0 Å². The van der Waals surface area contributed by atoms with Gasteiger partial charge < -0.3 is 11.5 Å². The second-order valence-corrected chi connectivity index (χ2v) is 5.86. The molecule has 4 rings (SSSR count). The van der Waals surface area contributed by atoms with E-state index in [4.69, 9.17) is 11.5 Å². The highest BCUT2D eigenvalue weighted by molar-refractivity contribution is 5.75. The lowest BCUT2D eigenvalue weighted by Gasteiger charge is -2.54. The third-order valence-electron chi connectivity index (χ3n) is 4.91. The third kappa shape index (κ3) is 1.62. The molecule has 0 heterocycles. The number of aliphatic imine (C=N–C) groups is 1. The van der Waals surface area contributed by atoms with Gasteiger partial charge in [-0.1, -0.05) is 0 Å². The van der Waals surface area contributed by atoms with Gasteiger partial charge in [-0.3, -0.25) is 4.99 Å². The smallest absolute Gasteiger partial charge is 0.185 e. The van der Waals surface area contributed by atoms with E-state index in [0.29, 0.717) is 0 Å². The van der Waals surface area contributed by atoms with E-state index in [1.807, 2.05) is 0 Å². The molecule has 0 saturated heterocycles. The minimum Gasteiger partial charge on any atom is -0.370 e. The largest absolute Gasteiger partial charge is 0.370 e. The SMILES string of the molecule is NC(N)=NCC1C2CC3CC(C2)CC1C3. The van der Waals surface area contributed by atoms with Gasteiger partial charge in [0.05, 0.1) is 0 Å². The van der Waals surface area contributed by atoms with Crippen molar-refractivity contribution in [2.45, 2.75) is 32.1 Å². The van der Waals surface area contributed by atoms with Gasteiger partial charge >= 0.3 is 0 Å². The summed E-state index contributed by atoms with van der Waals surface area (Å²) < 4.78 is 0. The van der Waals surface area contributed by atoms with Crippen molar-refractivity contribution in [3.05, 3.63) is 0 Å². The molecular formula is C12H21N3. The molecule has 4 aliphatic carbocycles. The maximum absolute atomic E-state index is 5.42. The van der Waals surface area contributed by atoms with Gasteiger partial charge in [0.25, 0.3) is 0 Å². The summed E-state index contributed by atoms with van der Waals surface area (Å²) in [6.07, 6.45) is 7.34. The molecule has 4 N–H and O–H groups in total. The van der Waals surface area contributed by atoms with Crippen molar-refractivity contribution in [2.24, 2.45) is 46.0 Å². The van der Waals surface area contributed by atoms with Crippen LogP contribution in [0.3, 0.4) is 0 Å². The molecule has 0 aromatic carbocycles. The fraction of sp³-hybridized carbons (Fsp3) is 0.917. The molecule has 0 aromatic rings. The lowest BCUT2D eigenvalue weighted by atomic mass is 9.52. The normalized spacial score (nSPS) is 46.8. The quantitative estimate of drug-likeness (QED) is 0.530. The summed E-state index contributed by atoms with van der Waals surface area (Å²) in [4.78, 5) is 4.24. The Morgan fingerprint density at radius 2 is 1.47 bits per heavy atom. The lowest BCUT2D eigenvalue weighted by Crippen LogP contribution is -2.46. The van der Waals surface area contributed by atoms with Crippen molar-refractivity contribution in [2.75, 3.05) is 6.54 Å². The zero-order chi connectivity index (χ0) is 10.4.